The van der Waals surface area contributed by atoms with Crippen LogP contribution in [0.2, 0.25) is 0 Å². The molecule has 318 valence electrons. The molecule has 0 amide bonds. The predicted octanol–water partition coefficient (Wildman–Crippen LogP) is 14.5. The zero-order valence-corrected chi connectivity index (χ0v) is 36.1. The third kappa shape index (κ3) is 41.7. The van der Waals surface area contributed by atoms with Crippen LogP contribution in [0.25, 0.3) is 0 Å². The minimum atomic E-state index is -0.802. The van der Waals surface area contributed by atoms with Crippen molar-refractivity contribution in [3.05, 3.63) is 85.1 Å². The fourth-order valence-corrected chi connectivity index (χ4v) is 5.73. The molecule has 0 aliphatic rings. The molecule has 1 unspecified atom stereocenters. The Bertz CT molecular complexity index is 1120. The number of esters is 3. The average Bonchev–Trinajstić information content (AvgIpc) is 3.19. The summed E-state index contributed by atoms with van der Waals surface area (Å²) in [6.07, 6.45) is 55.8. The van der Waals surface area contributed by atoms with E-state index in [0.717, 1.165) is 103 Å². The monoisotopic (exact) mass is 779 g/mol. The normalized spacial score (nSPS) is 12.8. The molecule has 1 atom stereocenters. The summed E-state index contributed by atoms with van der Waals surface area (Å²) in [5.41, 5.74) is 0. The summed E-state index contributed by atoms with van der Waals surface area (Å²) < 4.78 is 16.6. The van der Waals surface area contributed by atoms with Gasteiger partial charge in [0.15, 0.2) is 6.10 Å². The quantitative estimate of drug-likeness (QED) is 0.0268. The molecule has 0 heterocycles. The molecule has 0 aliphatic heterocycles. The summed E-state index contributed by atoms with van der Waals surface area (Å²) in [5.74, 6) is -0.991. The Morgan fingerprint density at radius 2 is 0.732 bits per heavy atom. The van der Waals surface area contributed by atoms with E-state index in [0.29, 0.717) is 19.3 Å². The maximum atomic E-state index is 12.7. The number of hydrogen-bond acceptors (Lipinski definition) is 6. The van der Waals surface area contributed by atoms with Gasteiger partial charge in [-0.05, 0) is 83.5 Å². The highest BCUT2D eigenvalue weighted by Crippen LogP contribution is 2.12. The van der Waals surface area contributed by atoms with E-state index in [9.17, 15) is 14.4 Å². The van der Waals surface area contributed by atoms with Crippen molar-refractivity contribution in [1.29, 1.82) is 0 Å². The maximum Gasteiger partial charge on any atom is 0.306 e. The second kappa shape index (κ2) is 44.3. The van der Waals surface area contributed by atoms with Crippen molar-refractivity contribution < 1.29 is 28.6 Å². The van der Waals surface area contributed by atoms with Crippen LogP contribution in [0.15, 0.2) is 85.1 Å². The number of unbranched alkanes of at least 4 members (excludes halogenated alkanes) is 14. The van der Waals surface area contributed by atoms with Gasteiger partial charge in [-0.1, -0.05) is 176 Å². The molecule has 0 aromatic carbocycles. The van der Waals surface area contributed by atoms with Crippen LogP contribution in [0.4, 0.5) is 0 Å². The summed E-state index contributed by atoms with van der Waals surface area (Å²) in [6, 6.07) is 0. The molecule has 0 aliphatic carbocycles. The largest absolute Gasteiger partial charge is 0.462 e. The Hall–Kier alpha value is -3.41. The molecule has 0 N–H and O–H groups in total. The maximum absolute atomic E-state index is 12.7. The summed E-state index contributed by atoms with van der Waals surface area (Å²) in [6.45, 7) is 6.35. The lowest BCUT2D eigenvalue weighted by Crippen LogP contribution is -2.30. The average molecular weight is 779 g/mol. The van der Waals surface area contributed by atoms with Gasteiger partial charge in [0, 0.05) is 19.3 Å². The van der Waals surface area contributed by atoms with Gasteiger partial charge in [-0.3, -0.25) is 14.4 Å². The van der Waals surface area contributed by atoms with Crippen LogP contribution in [0, 0.1) is 0 Å². The van der Waals surface area contributed by atoms with Crippen molar-refractivity contribution >= 4 is 17.9 Å². The Morgan fingerprint density at radius 1 is 0.375 bits per heavy atom. The first-order valence-corrected chi connectivity index (χ1v) is 22.6. The highest BCUT2D eigenvalue weighted by atomic mass is 16.6. The van der Waals surface area contributed by atoms with Gasteiger partial charge < -0.3 is 14.2 Å². The molecule has 0 fully saturated rings. The fourth-order valence-electron chi connectivity index (χ4n) is 5.73. The summed E-state index contributed by atoms with van der Waals surface area (Å²) in [4.78, 5) is 37.6. The first-order chi connectivity index (χ1) is 27.5. The number of carbonyl (C=O) groups is 3. The minimum Gasteiger partial charge on any atom is -0.462 e. The van der Waals surface area contributed by atoms with Gasteiger partial charge in [0.1, 0.15) is 13.2 Å². The van der Waals surface area contributed by atoms with Crippen LogP contribution in [0.3, 0.4) is 0 Å². The standard InChI is InChI=1S/C50H82O6/c1-4-7-10-13-16-18-20-22-24-25-26-28-29-31-34-37-40-43-49(52)55-46-47(45-54-48(51)42-39-36-33-15-12-9-6-3)56-50(53)44-41-38-35-32-30-27-23-21-19-17-14-11-8-5-2/h7,10,14,16-18,21-24,26,28,31,34,47H,4-6,8-9,11-13,15,19-20,25,27,29-30,32-33,35-46H2,1-3H3/b10-7-,17-14-,18-16-,23-21-,24-22-,28-26-,34-31-. The zero-order chi connectivity index (χ0) is 40.8. The van der Waals surface area contributed by atoms with E-state index in [4.69, 9.17) is 14.2 Å². The molecule has 6 heteroatoms. The molecule has 0 saturated heterocycles. The van der Waals surface area contributed by atoms with Crippen molar-refractivity contribution in [2.45, 2.75) is 200 Å². The van der Waals surface area contributed by atoms with Crippen molar-refractivity contribution in [2.24, 2.45) is 0 Å². The van der Waals surface area contributed by atoms with E-state index in [2.05, 4.69) is 106 Å². The van der Waals surface area contributed by atoms with Crippen molar-refractivity contribution in [3.63, 3.8) is 0 Å². The topological polar surface area (TPSA) is 78.9 Å². The van der Waals surface area contributed by atoms with E-state index < -0.39 is 6.10 Å². The van der Waals surface area contributed by atoms with Crippen LogP contribution < -0.4 is 0 Å². The second-order valence-corrected chi connectivity index (χ2v) is 14.6. The molecule has 0 aromatic rings. The lowest BCUT2D eigenvalue weighted by Gasteiger charge is -2.18. The van der Waals surface area contributed by atoms with Gasteiger partial charge in [0.25, 0.3) is 0 Å². The predicted molar refractivity (Wildman–Crippen MR) is 237 cm³/mol. The molecule has 6 nitrogen and oxygen atoms in total. The lowest BCUT2D eigenvalue weighted by atomic mass is 10.1. The van der Waals surface area contributed by atoms with E-state index in [-0.39, 0.29) is 37.5 Å². The number of rotatable bonds is 39. The van der Waals surface area contributed by atoms with Gasteiger partial charge >= 0.3 is 17.9 Å². The Labute approximate surface area is 344 Å². The number of hydrogen-bond donors (Lipinski definition) is 0. The molecule has 0 bridgehead atoms. The van der Waals surface area contributed by atoms with Crippen molar-refractivity contribution in [3.8, 4) is 0 Å². The van der Waals surface area contributed by atoms with Crippen molar-refractivity contribution in [1.82, 2.24) is 0 Å². The Balaban J connectivity index is 4.45. The SMILES string of the molecule is CC/C=C\C/C=C\C/C=C\C/C=C\C/C=C\CCCC(=O)OCC(COC(=O)CCCCCCCCC)OC(=O)CCCCCCC/C=C\C/C=C\CCCC. The lowest BCUT2D eigenvalue weighted by molar-refractivity contribution is -0.167. The molecule has 0 saturated carbocycles. The molecule has 0 aromatic heterocycles. The molecule has 0 rings (SSSR count). The molecule has 56 heavy (non-hydrogen) atoms. The summed E-state index contributed by atoms with van der Waals surface area (Å²) >= 11 is 0. The van der Waals surface area contributed by atoms with Crippen LogP contribution in [0.1, 0.15) is 194 Å². The first-order valence-electron chi connectivity index (χ1n) is 22.6. The summed E-state index contributed by atoms with van der Waals surface area (Å²) in [5, 5.41) is 0. The van der Waals surface area contributed by atoms with Gasteiger partial charge in [-0.25, -0.2) is 0 Å². The molecular formula is C50H82O6. The van der Waals surface area contributed by atoms with Gasteiger partial charge in [0.05, 0.1) is 0 Å². The second-order valence-electron chi connectivity index (χ2n) is 14.6. The van der Waals surface area contributed by atoms with Gasteiger partial charge in [0.2, 0.25) is 0 Å². The van der Waals surface area contributed by atoms with Crippen LogP contribution in [-0.2, 0) is 28.6 Å². The van der Waals surface area contributed by atoms with Crippen molar-refractivity contribution in [2.75, 3.05) is 13.2 Å². The Morgan fingerprint density at radius 3 is 1.21 bits per heavy atom. The molecule has 0 radical (unpaired) electrons. The van der Waals surface area contributed by atoms with Gasteiger partial charge in [-0.2, -0.15) is 0 Å². The van der Waals surface area contributed by atoms with Crippen LogP contribution in [0.5, 0.6) is 0 Å². The number of ether oxygens (including phenoxy) is 3. The molecular weight excluding hydrogens is 697 g/mol. The fraction of sp³-hybridized carbons (Fsp3) is 0.660. The molecule has 0 spiro atoms. The van der Waals surface area contributed by atoms with E-state index >= 15 is 0 Å². The third-order valence-corrected chi connectivity index (χ3v) is 9.13. The van der Waals surface area contributed by atoms with Crippen LogP contribution in [-0.4, -0.2) is 37.2 Å². The zero-order valence-electron chi connectivity index (χ0n) is 36.1. The number of allylic oxidation sites excluding steroid dienone is 14. The number of carbonyl (C=O) groups excluding carboxylic acids is 3. The van der Waals surface area contributed by atoms with E-state index in [1.807, 2.05) is 0 Å². The Kier molecular flexibility index (Phi) is 41.6. The first kappa shape index (κ1) is 52.6. The van der Waals surface area contributed by atoms with E-state index in [1.165, 1.54) is 44.9 Å². The third-order valence-electron chi connectivity index (χ3n) is 9.13. The minimum absolute atomic E-state index is 0.101. The summed E-state index contributed by atoms with van der Waals surface area (Å²) in [7, 11) is 0. The van der Waals surface area contributed by atoms with E-state index in [1.54, 1.807) is 0 Å². The smallest absolute Gasteiger partial charge is 0.306 e. The van der Waals surface area contributed by atoms with Crippen LogP contribution >= 0.6 is 0 Å². The van der Waals surface area contributed by atoms with Gasteiger partial charge in [-0.15, -0.1) is 0 Å². The highest BCUT2D eigenvalue weighted by Gasteiger charge is 2.19. The highest BCUT2D eigenvalue weighted by molar-refractivity contribution is 5.71.